The lowest BCUT2D eigenvalue weighted by atomic mass is 9.86. The largest absolute Gasteiger partial charge is 0.355 e. The van der Waals surface area contributed by atoms with Crippen LogP contribution >= 0.6 is 0 Å². The van der Waals surface area contributed by atoms with E-state index in [-0.39, 0.29) is 17.6 Å². The van der Waals surface area contributed by atoms with Crippen molar-refractivity contribution in [3.05, 3.63) is 35.9 Å². The van der Waals surface area contributed by atoms with Gasteiger partial charge >= 0.3 is 0 Å². The van der Waals surface area contributed by atoms with Crippen LogP contribution in [0, 0.1) is 5.92 Å². The maximum atomic E-state index is 11.5. The molecule has 0 radical (unpaired) electrons. The Hall–Kier alpha value is -1.64. The summed E-state index contributed by atoms with van der Waals surface area (Å²) in [7, 11) is 0. The van der Waals surface area contributed by atoms with Crippen LogP contribution in [0.2, 0.25) is 0 Å². The van der Waals surface area contributed by atoms with Crippen LogP contribution in [0.3, 0.4) is 0 Å². The van der Waals surface area contributed by atoms with Crippen LogP contribution in [0.25, 0.3) is 0 Å². The third-order valence-corrected chi connectivity index (χ3v) is 2.85. The summed E-state index contributed by atoms with van der Waals surface area (Å²) >= 11 is 0. The second-order valence-corrected chi connectivity index (χ2v) is 3.85. The maximum absolute atomic E-state index is 11.5. The van der Waals surface area contributed by atoms with Gasteiger partial charge in [0.05, 0.1) is 0 Å². The molecule has 3 heteroatoms. The molecule has 1 saturated heterocycles. The highest BCUT2D eigenvalue weighted by Crippen LogP contribution is 2.29. The number of carbonyl (C=O) groups is 2. The highest BCUT2D eigenvalue weighted by atomic mass is 16.2. The van der Waals surface area contributed by atoms with E-state index in [9.17, 15) is 9.59 Å². The van der Waals surface area contributed by atoms with Crippen molar-refractivity contribution in [3.8, 4) is 0 Å². The Morgan fingerprint density at radius 2 is 2.00 bits per heavy atom. The highest BCUT2D eigenvalue weighted by Gasteiger charge is 2.38. The van der Waals surface area contributed by atoms with Gasteiger partial charge in [0.1, 0.15) is 11.7 Å². The number of Topliss-reactive ketones (excluding diaryl/α,β-unsaturated/α-hetero) is 1. The third kappa shape index (κ3) is 1.77. The molecule has 0 aliphatic carbocycles. The number of carbonyl (C=O) groups excluding carboxylic acids is 2. The molecule has 2 unspecified atom stereocenters. The minimum Gasteiger partial charge on any atom is -0.355 e. The van der Waals surface area contributed by atoms with E-state index in [4.69, 9.17) is 0 Å². The van der Waals surface area contributed by atoms with Crippen molar-refractivity contribution in [3.63, 3.8) is 0 Å². The number of amides is 1. The van der Waals surface area contributed by atoms with Gasteiger partial charge in [-0.2, -0.15) is 0 Å². The van der Waals surface area contributed by atoms with Gasteiger partial charge in [0.2, 0.25) is 5.91 Å². The molecule has 2 rings (SSSR count). The van der Waals surface area contributed by atoms with Crippen molar-refractivity contribution in [2.75, 3.05) is 6.54 Å². The first kappa shape index (κ1) is 9.90. The molecular formula is C12H13NO2. The van der Waals surface area contributed by atoms with Crippen molar-refractivity contribution < 1.29 is 9.59 Å². The zero-order valence-corrected chi connectivity index (χ0v) is 8.57. The van der Waals surface area contributed by atoms with Crippen LogP contribution in [-0.4, -0.2) is 18.2 Å². The van der Waals surface area contributed by atoms with Gasteiger partial charge in [-0.15, -0.1) is 0 Å². The zero-order valence-electron chi connectivity index (χ0n) is 8.57. The number of rotatable bonds is 2. The lowest BCUT2D eigenvalue weighted by Crippen LogP contribution is -2.25. The average Bonchev–Trinajstić information content (AvgIpc) is 2.61. The van der Waals surface area contributed by atoms with Gasteiger partial charge in [0.25, 0.3) is 0 Å². The molecular weight excluding hydrogens is 190 g/mol. The first-order valence-corrected chi connectivity index (χ1v) is 5.03. The molecule has 0 saturated carbocycles. The molecule has 1 amide bonds. The summed E-state index contributed by atoms with van der Waals surface area (Å²) in [5.41, 5.74) is 1.05. The first-order valence-electron chi connectivity index (χ1n) is 5.03. The minimum atomic E-state index is -0.507. The molecule has 1 N–H and O–H groups in total. The molecule has 1 fully saturated rings. The van der Waals surface area contributed by atoms with Gasteiger partial charge in [-0.3, -0.25) is 9.59 Å². The summed E-state index contributed by atoms with van der Waals surface area (Å²) in [6, 6.07) is 9.70. The number of benzene rings is 1. The molecule has 78 valence electrons. The quantitative estimate of drug-likeness (QED) is 0.732. The van der Waals surface area contributed by atoms with Crippen molar-refractivity contribution in [1.29, 1.82) is 0 Å². The Labute approximate surface area is 88.5 Å². The first-order chi connectivity index (χ1) is 7.20. The molecule has 15 heavy (non-hydrogen) atoms. The van der Waals surface area contributed by atoms with Crippen LogP contribution in [0.5, 0.6) is 0 Å². The van der Waals surface area contributed by atoms with E-state index in [0.717, 1.165) is 5.56 Å². The van der Waals surface area contributed by atoms with E-state index >= 15 is 0 Å². The second-order valence-electron chi connectivity index (χ2n) is 3.85. The predicted octanol–water partition coefficient (Wildman–Crippen LogP) is 1.11. The monoisotopic (exact) mass is 203 g/mol. The van der Waals surface area contributed by atoms with Gasteiger partial charge in [-0.25, -0.2) is 0 Å². The van der Waals surface area contributed by atoms with E-state index in [2.05, 4.69) is 5.32 Å². The van der Waals surface area contributed by atoms with E-state index < -0.39 is 5.92 Å². The maximum Gasteiger partial charge on any atom is 0.231 e. The minimum absolute atomic E-state index is 0.00352. The molecule has 3 nitrogen and oxygen atoms in total. The van der Waals surface area contributed by atoms with Crippen LogP contribution in [0.4, 0.5) is 0 Å². The fraction of sp³-hybridized carbons (Fsp3) is 0.333. The second kappa shape index (κ2) is 3.85. The summed E-state index contributed by atoms with van der Waals surface area (Å²) in [6.45, 7) is 2.04. The number of ketones is 1. The predicted molar refractivity (Wildman–Crippen MR) is 56.4 cm³/mol. The summed E-state index contributed by atoms with van der Waals surface area (Å²) in [6.07, 6.45) is 0. The molecule has 1 aromatic rings. The molecule has 1 heterocycles. The van der Waals surface area contributed by atoms with Gasteiger partial charge in [0, 0.05) is 12.5 Å². The van der Waals surface area contributed by atoms with E-state index in [1.807, 2.05) is 30.3 Å². The molecule has 2 atom stereocenters. The standard InChI is InChI=1S/C12H13NO2/c1-8(14)11-10(7-13-12(11)15)9-5-3-2-4-6-9/h2-6,10-11H,7H2,1H3,(H,13,15). The summed E-state index contributed by atoms with van der Waals surface area (Å²) in [5.74, 6) is -0.709. The SMILES string of the molecule is CC(=O)C1C(=O)NCC1c1ccccc1. The molecule has 0 bridgehead atoms. The normalized spacial score (nSPS) is 25.0. The lowest BCUT2D eigenvalue weighted by Gasteiger charge is -2.13. The van der Waals surface area contributed by atoms with Crippen LogP contribution in [0.15, 0.2) is 30.3 Å². The number of hydrogen-bond donors (Lipinski definition) is 1. The van der Waals surface area contributed by atoms with E-state index in [1.54, 1.807) is 0 Å². The van der Waals surface area contributed by atoms with Crippen molar-refractivity contribution in [1.82, 2.24) is 5.32 Å². The summed E-state index contributed by atoms with van der Waals surface area (Å²) in [5, 5.41) is 2.74. The van der Waals surface area contributed by atoms with E-state index in [0.29, 0.717) is 6.54 Å². The van der Waals surface area contributed by atoms with Crippen molar-refractivity contribution in [2.45, 2.75) is 12.8 Å². The number of hydrogen-bond acceptors (Lipinski definition) is 2. The summed E-state index contributed by atoms with van der Waals surface area (Å²) in [4.78, 5) is 22.8. The Morgan fingerprint density at radius 1 is 1.33 bits per heavy atom. The van der Waals surface area contributed by atoms with Crippen molar-refractivity contribution >= 4 is 11.7 Å². The Kier molecular flexibility index (Phi) is 2.54. The number of nitrogens with one attached hydrogen (secondary N) is 1. The van der Waals surface area contributed by atoms with Crippen LogP contribution < -0.4 is 5.32 Å². The fourth-order valence-corrected chi connectivity index (χ4v) is 2.10. The zero-order chi connectivity index (χ0) is 10.8. The molecule has 1 aromatic carbocycles. The Bertz CT molecular complexity index is 386. The van der Waals surface area contributed by atoms with E-state index in [1.165, 1.54) is 6.92 Å². The Morgan fingerprint density at radius 3 is 2.60 bits per heavy atom. The molecule has 0 spiro atoms. The van der Waals surface area contributed by atoms with Crippen molar-refractivity contribution in [2.24, 2.45) is 5.92 Å². The molecule has 0 aromatic heterocycles. The van der Waals surface area contributed by atoms with Crippen LogP contribution in [-0.2, 0) is 9.59 Å². The molecule has 1 aliphatic rings. The van der Waals surface area contributed by atoms with Crippen LogP contribution in [0.1, 0.15) is 18.4 Å². The summed E-state index contributed by atoms with van der Waals surface area (Å²) < 4.78 is 0. The van der Waals surface area contributed by atoms with Gasteiger partial charge in [-0.05, 0) is 12.5 Å². The van der Waals surface area contributed by atoms with Gasteiger partial charge in [0.15, 0.2) is 0 Å². The Balaban J connectivity index is 2.30. The highest BCUT2D eigenvalue weighted by molar-refractivity contribution is 6.02. The topological polar surface area (TPSA) is 46.2 Å². The lowest BCUT2D eigenvalue weighted by molar-refractivity contribution is -0.130. The van der Waals surface area contributed by atoms with Gasteiger partial charge < -0.3 is 5.32 Å². The van der Waals surface area contributed by atoms with Gasteiger partial charge in [-0.1, -0.05) is 30.3 Å². The fourth-order valence-electron chi connectivity index (χ4n) is 2.10. The average molecular weight is 203 g/mol. The third-order valence-electron chi connectivity index (χ3n) is 2.85. The molecule has 1 aliphatic heterocycles. The smallest absolute Gasteiger partial charge is 0.231 e.